The van der Waals surface area contributed by atoms with E-state index < -0.39 is 0 Å². The number of nitrogens with zero attached hydrogens (tertiary/aromatic N) is 1. The van der Waals surface area contributed by atoms with E-state index >= 15 is 0 Å². The van der Waals surface area contributed by atoms with E-state index in [0.717, 1.165) is 0 Å². The van der Waals surface area contributed by atoms with Gasteiger partial charge in [-0.05, 0) is 5.41 Å². The third-order valence-corrected chi connectivity index (χ3v) is 2.25. The molecule has 0 radical (unpaired) electrons. The fourth-order valence-electron chi connectivity index (χ4n) is 0.679. The molecule has 0 saturated carbocycles. The lowest BCUT2D eigenvalue weighted by Crippen LogP contribution is -2.30. The molecule has 66 valence electrons. The highest BCUT2D eigenvalue weighted by molar-refractivity contribution is 6.31. The van der Waals surface area contributed by atoms with Gasteiger partial charge in [0, 0.05) is 7.05 Å². The van der Waals surface area contributed by atoms with Crippen LogP contribution in [0.2, 0.25) is 0 Å². The molecule has 0 spiro atoms. The highest BCUT2D eigenvalue weighted by atomic mass is 35.5. The van der Waals surface area contributed by atoms with E-state index in [-0.39, 0.29) is 10.8 Å². The minimum absolute atomic E-state index is 0.00753. The molecule has 2 nitrogen and oxygen atoms in total. The predicted molar refractivity (Wildman–Crippen MR) is 49.5 cm³/mol. The molecule has 0 aromatic heterocycles. The summed E-state index contributed by atoms with van der Waals surface area (Å²) in [5.41, 5.74) is -0.00753. The molecule has 0 aromatic rings. The predicted octanol–water partition coefficient (Wildman–Crippen LogP) is 2.31. The molecule has 0 aromatic carbocycles. The number of hydrogen-bond donors (Lipinski definition) is 0. The van der Waals surface area contributed by atoms with Gasteiger partial charge < -0.3 is 4.74 Å². The van der Waals surface area contributed by atoms with Gasteiger partial charge in [-0.25, -0.2) is 0 Å². The normalized spacial score (nSPS) is 16.4. The average molecular weight is 178 g/mol. The molecule has 0 unspecified atom stereocenters. The summed E-state index contributed by atoms with van der Waals surface area (Å²) < 4.78 is 5.01. The maximum absolute atomic E-state index is 6.07. The first-order valence-corrected chi connectivity index (χ1v) is 4.02. The molecule has 0 aliphatic heterocycles. The zero-order valence-corrected chi connectivity index (χ0v) is 8.57. The Labute approximate surface area is 73.6 Å². The van der Waals surface area contributed by atoms with Crippen LogP contribution in [0.5, 0.6) is 0 Å². The van der Waals surface area contributed by atoms with E-state index in [9.17, 15) is 0 Å². The van der Waals surface area contributed by atoms with Gasteiger partial charge in [0.25, 0.3) is 0 Å². The highest BCUT2D eigenvalue weighted by Crippen LogP contribution is 2.25. The molecule has 0 fully saturated rings. The van der Waals surface area contributed by atoms with Crippen molar-refractivity contribution in [3.05, 3.63) is 0 Å². The molecule has 0 heterocycles. The van der Waals surface area contributed by atoms with Gasteiger partial charge in [0.05, 0.1) is 7.11 Å². The van der Waals surface area contributed by atoms with Gasteiger partial charge >= 0.3 is 0 Å². The van der Waals surface area contributed by atoms with Crippen molar-refractivity contribution in [3.8, 4) is 0 Å². The minimum atomic E-state index is -0.155. The van der Waals surface area contributed by atoms with E-state index in [2.05, 4.69) is 25.8 Å². The van der Waals surface area contributed by atoms with Crippen molar-refractivity contribution in [3.63, 3.8) is 0 Å². The number of hydrogen-bond acceptors (Lipinski definition) is 2. The van der Waals surface area contributed by atoms with Crippen LogP contribution in [0, 0.1) is 5.41 Å². The molecule has 11 heavy (non-hydrogen) atoms. The summed E-state index contributed by atoms with van der Waals surface area (Å²) in [6, 6.07) is 0. The molecule has 0 rings (SSSR count). The number of aliphatic imine (C=N–C) groups is 1. The molecule has 0 amide bonds. The molecule has 1 atom stereocenters. The second-order valence-electron chi connectivity index (χ2n) is 3.49. The molecular formula is C8H16ClNO. The van der Waals surface area contributed by atoms with Gasteiger partial charge in [-0.3, -0.25) is 4.99 Å². The summed E-state index contributed by atoms with van der Waals surface area (Å²) in [6.07, 6.45) is 0. The fourth-order valence-corrected chi connectivity index (χ4v) is 0.865. The lowest BCUT2D eigenvalue weighted by Gasteiger charge is -2.24. The Kier molecular flexibility index (Phi) is 3.87. The summed E-state index contributed by atoms with van der Waals surface area (Å²) in [6.45, 7) is 6.15. The van der Waals surface area contributed by atoms with E-state index in [4.69, 9.17) is 16.3 Å². The van der Waals surface area contributed by atoms with Gasteiger partial charge in [-0.15, -0.1) is 11.6 Å². The monoisotopic (exact) mass is 177 g/mol. The Morgan fingerprint density at radius 3 is 2.00 bits per heavy atom. The van der Waals surface area contributed by atoms with Crippen LogP contribution in [0.25, 0.3) is 0 Å². The van der Waals surface area contributed by atoms with Crippen molar-refractivity contribution >= 4 is 17.5 Å². The van der Waals surface area contributed by atoms with Crippen molar-refractivity contribution in [1.82, 2.24) is 0 Å². The first-order chi connectivity index (χ1) is 4.93. The smallest absolute Gasteiger partial charge is 0.201 e. The zero-order chi connectivity index (χ0) is 9.07. The SMILES string of the molecule is CN=C(OC)[C@H](Cl)C(C)(C)C. The van der Waals surface area contributed by atoms with Gasteiger partial charge in [0.1, 0.15) is 5.38 Å². The first kappa shape index (κ1) is 10.8. The van der Waals surface area contributed by atoms with Crippen LogP contribution in [-0.4, -0.2) is 25.4 Å². The molecule has 0 saturated heterocycles. The number of rotatable bonds is 1. The van der Waals surface area contributed by atoms with Crippen LogP contribution >= 0.6 is 11.6 Å². The third-order valence-electron chi connectivity index (χ3n) is 1.41. The van der Waals surface area contributed by atoms with E-state index in [1.54, 1.807) is 14.2 Å². The molecule has 0 bridgehead atoms. The standard InChI is InChI=1S/C8H16ClNO/c1-8(2,3)6(9)7(10-4)11-5/h6H,1-5H3/t6-/m0/s1. The zero-order valence-electron chi connectivity index (χ0n) is 7.81. The van der Waals surface area contributed by atoms with Crippen molar-refractivity contribution in [1.29, 1.82) is 0 Å². The van der Waals surface area contributed by atoms with E-state index in [1.807, 2.05) is 0 Å². The fraction of sp³-hybridized carbons (Fsp3) is 0.875. The maximum atomic E-state index is 6.07. The van der Waals surface area contributed by atoms with Crippen LogP contribution in [-0.2, 0) is 4.74 Å². The molecule has 0 aliphatic carbocycles. The van der Waals surface area contributed by atoms with Crippen molar-refractivity contribution in [2.24, 2.45) is 10.4 Å². The van der Waals surface area contributed by atoms with Crippen LogP contribution in [0.1, 0.15) is 20.8 Å². The lowest BCUT2D eigenvalue weighted by molar-refractivity contribution is 0.345. The number of alkyl halides is 1. The van der Waals surface area contributed by atoms with Gasteiger partial charge in [0.2, 0.25) is 5.90 Å². The van der Waals surface area contributed by atoms with Crippen LogP contribution in [0.15, 0.2) is 4.99 Å². The van der Waals surface area contributed by atoms with Gasteiger partial charge in [0.15, 0.2) is 0 Å². The second-order valence-corrected chi connectivity index (χ2v) is 3.93. The Morgan fingerprint density at radius 1 is 1.45 bits per heavy atom. The second kappa shape index (κ2) is 3.96. The Bertz CT molecular complexity index is 149. The Morgan fingerprint density at radius 2 is 1.91 bits per heavy atom. The highest BCUT2D eigenvalue weighted by Gasteiger charge is 2.27. The number of methoxy groups -OCH3 is 1. The molecule has 3 heteroatoms. The average Bonchev–Trinajstić information content (AvgIpc) is 1.88. The van der Waals surface area contributed by atoms with Gasteiger partial charge in [-0.2, -0.15) is 0 Å². The number of ether oxygens (including phenoxy) is 1. The van der Waals surface area contributed by atoms with Crippen LogP contribution in [0.3, 0.4) is 0 Å². The summed E-state index contributed by atoms with van der Waals surface area (Å²) in [5.74, 6) is 0.596. The third kappa shape index (κ3) is 3.10. The molecular weight excluding hydrogens is 162 g/mol. The van der Waals surface area contributed by atoms with Crippen LogP contribution in [0.4, 0.5) is 0 Å². The molecule has 0 aliphatic rings. The summed E-state index contributed by atoms with van der Waals surface area (Å²) in [4.78, 5) is 3.94. The lowest BCUT2D eigenvalue weighted by atomic mass is 9.91. The quantitative estimate of drug-likeness (QED) is 0.342. The van der Waals surface area contributed by atoms with E-state index in [0.29, 0.717) is 5.90 Å². The van der Waals surface area contributed by atoms with Gasteiger partial charge in [-0.1, -0.05) is 20.8 Å². The summed E-state index contributed by atoms with van der Waals surface area (Å²) in [5, 5.41) is -0.155. The first-order valence-electron chi connectivity index (χ1n) is 3.58. The van der Waals surface area contributed by atoms with Crippen molar-refractivity contribution in [2.45, 2.75) is 26.1 Å². The minimum Gasteiger partial charge on any atom is -0.483 e. The maximum Gasteiger partial charge on any atom is 0.201 e. The Balaban J connectivity index is 4.34. The number of halogens is 1. The van der Waals surface area contributed by atoms with Crippen molar-refractivity contribution in [2.75, 3.05) is 14.2 Å². The Hall–Kier alpha value is -0.240. The van der Waals surface area contributed by atoms with Crippen LogP contribution < -0.4 is 0 Å². The van der Waals surface area contributed by atoms with Crippen molar-refractivity contribution < 1.29 is 4.74 Å². The summed E-state index contributed by atoms with van der Waals surface area (Å²) >= 11 is 6.07. The van der Waals surface area contributed by atoms with E-state index in [1.165, 1.54) is 0 Å². The largest absolute Gasteiger partial charge is 0.483 e. The molecule has 0 N–H and O–H groups in total. The topological polar surface area (TPSA) is 21.6 Å². The summed E-state index contributed by atoms with van der Waals surface area (Å²) in [7, 11) is 3.27.